The minimum absolute atomic E-state index is 0.00235. The number of hydrogen-bond acceptors (Lipinski definition) is 4. The maximum Gasteiger partial charge on any atom is 0.227 e. The topological polar surface area (TPSA) is 76.7 Å². The fourth-order valence-corrected chi connectivity index (χ4v) is 3.72. The predicted octanol–water partition coefficient (Wildman–Crippen LogP) is 4.40. The highest BCUT2D eigenvalue weighted by Crippen LogP contribution is 2.32. The Morgan fingerprint density at radius 1 is 0.862 bits per heavy atom. The minimum atomic E-state index is -0.0962. The summed E-state index contributed by atoms with van der Waals surface area (Å²) < 4.78 is 10.5. The van der Waals surface area contributed by atoms with E-state index in [9.17, 15) is 9.59 Å². The van der Waals surface area contributed by atoms with Crippen LogP contribution in [0.1, 0.15) is 31.2 Å². The quantitative estimate of drug-likeness (QED) is 0.759. The van der Waals surface area contributed by atoms with Gasteiger partial charge in [-0.2, -0.15) is 0 Å². The van der Waals surface area contributed by atoms with Gasteiger partial charge in [0.2, 0.25) is 11.8 Å². The monoisotopic (exact) mass is 396 g/mol. The molecular formula is C23H28N2O4. The zero-order valence-electron chi connectivity index (χ0n) is 17.2. The molecule has 0 aliphatic heterocycles. The molecule has 0 saturated heterocycles. The zero-order valence-corrected chi connectivity index (χ0v) is 17.2. The van der Waals surface area contributed by atoms with E-state index in [1.165, 1.54) is 0 Å². The van der Waals surface area contributed by atoms with E-state index in [4.69, 9.17) is 9.47 Å². The van der Waals surface area contributed by atoms with Crippen LogP contribution in [0, 0.1) is 18.8 Å². The van der Waals surface area contributed by atoms with Gasteiger partial charge in [-0.1, -0.05) is 12.1 Å². The number of nitrogens with one attached hydrogen (secondary N) is 2. The van der Waals surface area contributed by atoms with Gasteiger partial charge >= 0.3 is 0 Å². The van der Waals surface area contributed by atoms with Gasteiger partial charge in [0.1, 0.15) is 11.5 Å². The molecule has 0 bridgehead atoms. The van der Waals surface area contributed by atoms with Crippen LogP contribution < -0.4 is 20.1 Å². The highest BCUT2D eigenvalue weighted by Gasteiger charge is 2.30. The molecular weight excluding hydrogens is 368 g/mol. The average molecular weight is 396 g/mol. The Morgan fingerprint density at radius 2 is 1.52 bits per heavy atom. The van der Waals surface area contributed by atoms with Crippen molar-refractivity contribution in [1.29, 1.82) is 0 Å². The summed E-state index contributed by atoms with van der Waals surface area (Å²) in [7, 11) is 3.19. The van der Waals surface area contributed by atoms with Gasteiger partial charge in [0.05, 0.1) is 19.9 Å². The summed E-state index contributed by atoms with van der Waals surface area (Å²) in [5.74, 6) is 1.16. The minimum Gasteiger partial charge on any atom is -0.497 e. The molecule has 6 nitrogen and oxygen atoms in total. The molecule has 6 heteroatoms. The summed E-state index contributed by atoms with van der Waals surface area (Å²) in [6, 6.07) is 13.0. The van der Waals surface area contributed by atoms with Gasteiger partial charge in [-0.25, -0.2) is 0 Å². The van der Waals surface area contributed by atoms with E-state index in [1.807, 2.05) is 43.3 Å². The molecule has 0 heterocycles. The van der Waals surface area contributed by atoms with Gasteiger partial charge in [0.25, 0.3) is 0 Å². The van der Waals surface area contributed by atoms with Gasteiger partial charge < -0.3 is 20.1 Å². The number of anilines is 2. The van der Waals surface area contributed by atoms with Crippen molar-refractivity contribution in [2.24, 2.45) is 11.8 Å². The second-order valence-electron chi connectivity index (χ2n) is 7.46. The number of rotatable bonds is 6. The van der Waals surface area contributed by atoms with Gasteiger partial charge in [0.15, 0.2) is 0 Å². The first-order valence-corrected chi connectivity index (χ1v) is 9.90. The molecule has 0 atom stereocenters. The molecule has 2 N–H and O–H groups in total. The Morgan fingerprint density at radius 3 is 2.14 bits per heavy atom. The maximum atomic E-state index is 12.7. The van der Waals surface area contributed by atoms with Crippen molar-refractivity contribution >= 4 is 23.2 Å². The van der Waals surface area contributed by atoms with E-state index >= 15 is 0 Å². The molecule has 0 aromatic heterocycles. The highest BCUT2D eigenvalue weighted by molar-refractivity contribution is 5.95. The lowest BCUT2D eigenvalue weighted by Crippen LogP contribution is -2.32. The third-order valence-electron chi connectivity index (χ3n) is 5.42. The van der Waals surface area contributed by atoms with Crippen LogP contribution in [-0.2, 0) is 9.59 Å². The Hall–Kier alpha value is -3.02. The SMILES string of the molecule is COc1cccc(NC(=O)C2CCC(C(=O)Nc3cc(C)ccc3OC)CC2)c1. The number of ether oxygens (including phenoxy) is 2. The van der Waals surface area contributed by atoms with Crippen molar-refractivity contribution in [3.63, 3.8) is 0 Å². The van der Waals surface area contributed by atoms with Gasteiger partial charge in [-0.15, -0.1) is 0 Å². The van der Waals surface area contributed by atoms with E-state index in [0.29, 0.717) is 42.9 Å². The largest absolute Gasteiger partial charge is 0.497 e. The first-order valence-electron chi connectivity index (χ1n) is 9.90. The fourth-order valence-electron chi connectivity index (χ4n) is 3.72. The summed E-state index contributed by atoms with van der Waals surface area (Å²) in [6.45, 7) is 1.97. The first-order chi connectivity index (χ1) is 14.0. The Kier molecular flexibility index (Phi) is 6.75. The molecule has 0 unspecified atom stereocenters. The molecule has 0 radical (unpaired) electrons. The highest BCUT2D eigenvalue weighted by atomic mass is 16.5. The zero-order chi connectivity index (χ0) is 20.8. The van der Waals surface area contributed by atoms with Crippen molar-refractivity contribution in [1.82, 2.24) is 0 Å². The smallest absolute Gasteiger partial charge is 0.227 e. The van der Waals surface area contributed by atoms with E-state index in [0.717, 1.165) is 11.3 Å². The number of hydrogen-bond donors (Lipinski definition) is 2. The number of aryl methyl sites for hydroxylation is 1. The van der Waals surface area contributed by atoms with Crippen LogP contribution in [0.5, 0.6) is 11.5 Å². The van der Waals surface area contributed by atoms with E-state index < -0.39 is 0 Å². The molecule has 2 aromatic rings. The van der Waals surface area contributed by atoms with Crippen LogP contribution in [0.4, 0.5) is 11.4 Å². The second-order valence-corrected chi connectivity index (χ2v) is 7.46. The predicted molar refractivity (Wildman–Crippen MR) is 113 cm³/mol. The third kappa shape index (κ3) is 5.28. The van der Waals surface area contributed by atoms with Crippen molar-refractivity contribution in [2.45, 2.75) is 32.6 Å². The lowest BCUT2D eigenvalue weighted by atomic mass is 9.81. The maximum absolute atomic E-state index is 12.7. The van der Waals surface area contributed by atoms with Gasteiger partial charge in [-0.05, 0) is 62.4 Å². The fraction of sp³-hybridized carbons (Fsp3) is 0.391. The average Bonchev–Trinajstić information content (AvgIpc) is 2.74. The summed E-state index contributed by atoms with van der Waals surface area (Å²) in [6.07, 6.45) is 2.77. The van der Waals surface area contributed by atoms with Crippen LogP contribution in [0.25, 0.3) is 0 Å². The molecule has 1 fully saturated rings. The number of amides is 2. The number of benzene rings is 2. The molecule has 2 aromatic carbocycles. The van der Waals surface area contributed by atoms with Crippen LogP contribution >= 0.6 is 0 Å². The summed E-state index contributed by atoms with van der Waals surface area (Å²) in [5, 5.41) is 5.95. The molecule has 1 aliphatic rings. The lowest BCUT2D eigenvalue weighted by molar-refractivity contribution is -0.125. The standard InChI is InChI=1S/C23H28N2O4/c1-15-7-12-21(29-3)20(13-15)25-23(27)17-10-8-16(9-11-17)22(26)24-18-5-4-6-19(14-18)28-2/h4-7,12-14,16-17H,8-11H2,1-3H3,(H,24,26)(H,25,27). The van der Waals surface area contributed by atoms with Crippen LogP contribution in [0.3, 0.4) is 0 Å². The molecule has 0 spiro atoms. The molecule has 1 aliphatic carbocycles. The number of carbonyl (C=O) groups is 2. The third-order valence-corrected chi connectivity index (χ3v) is 5.42. The number of carbonyl (C=O) groups excluding carboxylic acids is 2. The first kappa shape index (κ1) is 20.7. The molecule has 2 amide bonds. The van der Waals surface area contributed by atoms with Crippen molar-refractivity contribution in [3.05, 3.63) is 48.0 Å². The molecule has 29 heavy (non-hydrogen) atoms. The van der Waals surface area contributed by atoms with Crippen LogP contribution in [0.15, 0.2) is 42.5 Å². The Balaban J connectivity index is 1.54. The summed E-state index contributed by atoms with van der Waals surface area (Å²) in [5.41, 5.74) is 2.47. The molecule has 3 rings (SSSR count). The molecule has 154 valence electrons. The normalized spacial score (nSPS) is 18.6. The van der Waals surface area contributed by atoms with Gasteiger partial charge in [0, 0.05) is 23.6 Å². The van der Waals surface area contributed by atoms with E-state index in [2.05, 4.69) is 10.6 Å². The Bertz CT molecular complexity index is 873. The lowest BCUT2D eigenvalue weighted by Gasteiger charge is -2.27. The van der Waals surface area contributed by atoms with Crippen molar-refractivity contribution < 1.29 is 19.1 Å². The van der Waals surface area contributed by atoms with E-state index in [-0.39, 0.29) is 23.7 Å². The van der Waals surface area contributed by atoms with Crippen LogP contribution in [0.2, 0.25) is 0 Å². The number of methoxy groups -OCH3 is 2. The van der Waals surface area contributed by atoms with E-state index in [1.54, 1.807) is 20.3 Å². The summed E-state index contributed by atoms with van der Waals surface area (Å²) >= 11 is 0. The Labute approximate surface area is 171 Å². The van der Waals surface area contributed by atoms with Crippen molar-refractivity contribution in [2.75, 3.05) is 24.9 Å². The van der Waals surface area contributed by atoms with Gasteiger partial charge in [-0.3, -0.25) is 9.59 Å². The molecule has 1 saturated carbocycles. The second kappa shape index (κ2) is 9.45. The van der Waals surface area contributed by atoms with Crippen LogP contribution in [-0.4, -0.2) is 26.0 Å². The summed E-state index contributed by atoms with van der Waals surface area (Å²) in [4.78, 5) is 25.3. The van der Waals surface area contributed by atoms with Crippen molar-refractivity contribution in [3.8, 4) is 11.5 Å².